The largest absolute Gasteiger partial charge is 0.368 e. The van der Waals surface area contributed by atoms with Crippen LogP contribution in [0.4, 0.5) is 11.8 Å². The van der Waals surface area contributed by atoms with E-state index in [1.807, 2.05) is 0 Å². The van der Waals surface area contributed by atoms with Crippen LogP contribution in [0.25, 0.3) is 21.6 Å². The van der Waals surface area contributed by atoms with Gasteiger partial charge in [-0.1, -0.05) is 0 Å². The molecular formula is C5H4N8. The minimum absolute atomic E-state index is 0.0296. The number of anilines is 1. The average Bonchev–Trinajstić information content (AvgIpc) is 2.52. The van der Waals surface area contributed by atoms with E-state index in [0.717, 1.165) is 0 Å². The number of aromatic nitrogens is 4. The molecule has 0 unspecified atom stereocenters. The zero-order chi connectivity index (χ0) is 9.26. The molecule has 2 aromatic heterocycles. The lowest BCUT2D eigenvalue weighted by molar-refractivity contribution is 1.19. The minimum Gasteiger partial charge on any atom is -0.368 e. The number of rotatable bonds is 1. The second kappa shape index (κ2) is 2.61. The van der Waals surface area contributed by atoms with Crippen LogP contribution in [0.15, 0.2) is 11.4 Å². The Morgan fingerprint density at radius 3 is 3.15 bits per heavy atom. The Balaban J connectivity index is 2.84. The molecule has 2 heterocycles. The molecule has 0 saturated carbocycles. The summed E-state index contributed by atoms with van der Waals surface area (Å²) in [4.78, 5) is 16.8. The summed E-state index contributed by atoms with van der Waals surface area (Å²) < 4.78 is 0. The average molecular weight is 176 g/mol. The number of hydrogen-bond acceptors (Lipinski definition) is 5. The number of nitrogens with one attached hydrogen (secondary N) is 1. The molecule has 0 aliphatic carbocycles. The van der Waals surface area contributed by atoms with Crippen LogP contribution in [0.1, 0.15) is 0 Å². The van der Waals surface area contributed by atoms with Gasteiger partial charge in [-0.05, 0) is 10.6 Å². The van der Waals surface area contributed by atoms with Crippen LogP contribution in [0, 0.1) is 0 Å². The van der Waals surface area contributed by atoms with Gasteiger partial charge in [0.15, 0.2) is 11.5 Å². The van der Waals surface area contributed by atoms with E-state index in [9.17, 15) is 0 Å². The third-order valence-electron chi connectivity index (χ3n) is 1.42. The zero-order valence-corrected chi connectivity index (χ0v) is 6.34. The van der Waals surface area contributed by atoms with Gasteiger partial charge in [0, 0.05) is 4.91 Å². The molecule has 0 atom stereocenters. The molecule has 13 heavy (non-hydrogen) atoms. The molecule has 0 bridgehead atoms. The Kier molecular flexibility index (Phi) is 1.47. The Morgan fingerprint density at radius 1 is 1.54 bits per heavy atom. The minimum atomic E-state index is 0.0296. The number of H-pyrrole nitrogens is 1. The van der Waals surface area contributed by atoms with Crippen molar-refractivity contribution in [3.8, 4) is 0 Å². The highest BCUT2D eigenvalue weighted by Gasteiger charge is 2.05. The summed E-state index contributed by atoms with van der Waals surface area (Å²) in [7, 11) is 0. The zero-order valence-electron chi connectivity index (χ0n) is 6.34. The van der Waals surface area contributed by atoms with Crippen molar-refractivity contribution in [1.82, 2.24) is 19.9 Å². The number of nitrogens with zero attached hydrogens (tertiary/aromatic N) is 6. The normalized spacial score (nSPS) is 9.85. The molecule has 0 aromatic carbocycles. The molecule has 0 fully saturated rings. The summed E-state index contributed by atoms with van der Waals surface area (Å²) in [6, 6.07) is 0. The van der Waals surface area contributed by atoms with Gasteiger partial charge in [-0.3, -0.25) is 0 Å². The van der Waals surface area contributed by atoms with Crippen LogP contribution >= 0.6 is 0 Å². The van der Waals surface area contributed by atoms with Gasteiger partial charge in [-0.2, -0.15) is 4.98 Å². The lowest BCUT2D eigenvalue weighted by Crippen LogP contribution is -1.94. The molecule has 0 saturated heterocycles. The van der Waals surface area contributed by atoms with Gasteiger partial charge in [0.1, 0.15) is 5.52 Å². The summed E-state index contributed by atoms with van der Waals surface area (Å²) in [5, 5.41) is 3.35. The Labute approximate surface area is 71.5 Å². The van der Waals surface area contributed by atoms with Gasteiger partial charge in [-0.25, -0.2) is 9.97 Å². The Bertz CT molecular complexity index is 492. The number of nitrogen functional groups attached to an aromatic ring is 1. The molecule has 0 aliphatic rings. The summed E-state index contributed by atoms with van der Waals surface area (Å²) in [6.45, 7) is 0. The smallest absolute Gasteiger partial charge is 0.222 e. The Hall–Kier alpha value is -2.34. The first-order valence-electron chi connectivity index (χ1n) is 3.33. The van der Waals surface area contributed by atoms with Gasteiger partial charge in [0.2, 0.25) is 5.95 Å². The summed E-state index contributed by atoms with van der Waals surface area (Å²) >= 11 is 0. The number of imidazole rings is 1. The van der Waals surface area contributed by atoms with Gasteiger partial charge in [0.25, 0.3) is 0 Å². The predicted octanol–water partition coefficient (Wildman–Crippen LogP) is 0.877. The van der Waals surface area contributed by atoms with E-state index in [4.69, 9.17) is 11.3 Å². The molecule has 3 N–H and O–H groups in total. The fourth-order valence-corrected chi connectivity index (χ4v) is 0.949. The molecule has 0 amide bonds. The summed E-state index contributed by atoms with van der Waals surface area (Å²) in [5.41, 5.74) is 14.4. The monoisotopic (exact) mass is 176 g/mol. The summed E-state index contributed by atoms with van der Waals surface area (Å²) in [5.74, 6) is 0.185. The van der Waals surface area contributed by atoms with Crippen molar-refractivity contribution >= 4 is 22.9 Å². The molecule has 8 heteroatoms. The highest BCUT2D eigenvalue weighted by Crippen LogP contribution is 2.19. The van der Waals surface area contributed by atoms with E-state index in [0.29, 0.717) is 11.2 Å². The van der Waals surface area contributed by atoms with Crippen molar-refractivity contribution in [1.29, 1.82) is 0 Å². The SMILES string of the molecule is [N-]=[N+]=Nc1nc(N)nc2nc[nH]c12. The van der Waals surface area contributed by atoms with E-state index in [1.54, 1.807) is 0 Å². The molecule has 0 spiro atoms. The van der Waals surface area contributed by atoms with Crippen molar-refractivity contribution in [2.45, 2.75) is 0 Å². The van der Waals surface area contributed by atoms with Gasteiger partial charge in [0.05, 0.1) is 6.33 Å². The maximum absolute atomic E-state index is 8.23. The molecule has 2 aromatic rings. The maximum Gasteiger partial charge on any atom is 0.222 e. The third kappa shape index (κ3) is 1.10. The molecular weight excluding hydrogens is 172 g/mol. The Morgan fingerprint density at radius 2 is 2.38 bits per heavy atom. The molecule has 2 rings (SSSR count). The molecule has 64 valence electrons. The van der Waals surface area contributed by atoms with Crippen LogP contribution in [0.2, 0.25) is 0 Å². The van der Waals surface area contributed by atoms with Crippen molar-refractivity contribution in [3.63, 3.8) is 0 Å². The lowest BCUT2D eigenvalue weighted by atomic mass is 10.5. The first kappa shape index (κ1) is 7.32. The summed E-state index contributed by atoms with van der Waals surface area (Å²) in [6.07, 6.45) is 1.43. The van der Waals surface area contributed by atoms with Crippen LogP contribution in [-0.2, 0) is 0 Å². The fourth-order valence-electron chi connectivity index (χ4n) is 0.949. The van der Waals surface area contributed by atoms with Gasteiger partial charge in [-0.15, -0.1) is 0 Å². The van der Waals surface area contributed by atoms with Gasteiger partial charge >= 0.3 is 0 Å². The number of hydrogen-bond donors (Lipinski definition) is 2. The third-order valence-corrected chi connectivity index (χ3v) is 1.42. The first-order chi connectivity index (χ1) is 6.31. The van der Waals surface area contributed by atoms with E-state index in [2.05, 4.69) is 30.0 Å². The second-order valence-corrected chi connectivity index (χ2v) is 2.20. The van der Waals surface area contributed by atoms with Crippen molar-refractivity contribution in [2.75, 3.05) is 5.73 Å². The standard InChI is InChI=1S/C5H4N8/c6-5-10-3-2(8-1-9-3)4(11-5)12-13-7/h1H,(H3,6,8,9,10,11). The number of fused-ring (bicyclic) bond motifs is 1. The van der Waals surface area contributed by atoms with Crippen LogP contribution < -0.4 is 5.73 Å². The van der Waals surface area contributed by atoms with E-state index >= 15 is 0 Å². The number of azide groups is 1. The lowest BCUT2D eigenvalue weighted by Gasteiger charge is -1.94. The van der Waals surface area contributed by atoms with E-state index < -0.39 is 0 Å². The first-order valence-corrected chi connectivity index (χ1v) is 3.33. The maximum atomic E-state index is 8.23. The van der Waals surface area contributed by atoms with E-state index in [1.165, 1.54) is 6.33 Å². The number of aromatic amines is 1. The van der Waals surface area contributed by atoms with Crippen molar-refractivity contribution < 1.29 is 0 Å². The molecule has 8 nitrogen and oxygen atoms in total. The highest BCUT2D eigenvalue weighted by molar-refractivity contribution is 5.81. The topological polar surface area (TPSA) is 129 Å². The van der Waals surface area contributed by atoms with Gasteiger partial charge < -0.3 is 10.7 Å². The quantitative estimate of drug-likeness (QED) is 0.379. The van der Waals surface area contributed by atoms with Crippen molar-refractivity contribution in [2.24, 2.45) is 5.11 Å². The van der Waals surface area contributed by atoms with Crippen LogP contribution in [-0.4, -0.2) is 19.9 Å². The fraction of sp³-hybridized carbons (Fsp3) is 0. The van der Waals surface area contributed by atoms with Crippen molar-refractivity contribution in [3.05, 3.63) is 16.8 Å². The molecule has 0 aliphatic heterocycles. The van der Waals surface area contributed by atoms with Crippen LogP contribution in [0.3, 0.4) is 0 Å². The highest BCUT2D eigenvalue weighted by atomic mass is 15.2. The predicted molar refractivity (Wildman–Crippen MR) is 44.9 cm³/mol. The second-order valence-electron chi connectivity index (χ2n) is 2.20. The molecule has 0 radical (unpaired) electrons. The number of nitrogens with two attached hydrogens (primary N) is 1. The van der Waals surface area contributed by atoms with E-state index in [-0.39, 0.29) is 11.8 Å². The van der Waals surface area contributed by atoms with Crippen LogP contribution in [0.5, 0.6) is 0 Å².